The van der Waals surface area contributed by atoms with Crippen molar-refractivity contribution in [3.63, 3.8) is 0 Å². The first-order chi connectivity index (χ1) is 11.7. The number of rotatable bonds is 6. The Hall–Kier alpha value is -2.73. The molecule has 24 heavy (non-hydrogen) atoms. The molecule has 0 aliphatic heterocycles. The number of nitrogens with one attached hydrogen (secondary N) is 1. The third-order valence-electron chi connectivity index (χ3n) is 3.40. The van der Waals surface area contributed by atoms with Crippen molar-refractivity contribution in [1.29, 1.82) is 0 Å². The quantitative estimate of drug-likeness (QED) is 0.750. The van der Waals surface area contributed by atoms with Crippen LogP contribution in [0, 0.1) is 0 Å². The first-order valence-electron chi connectivity index (χ1n) is 7.50. The summed E-state index contributed by atoms with van der Waals surface area (Å²) in [5.74, 6) is 0.723. The molecule has 0 aliphatic carbocycles. The highest BCUT2D eigenvalue weighted by Gasteiger charge is 2.09. The second-order valence-electron chi connectivity index (χ2n) is 5.15. The molecule has 2 aromatic heterocycles. The van der Waals surface area contributed by atoms with E-state index >= 15 is 0 Å². The average Bonchev–Trinajstić information content (AvgIpc) is 3.09. The van der Waals surface area contributed by atoms with Crippen LogP contribution in [-0.4, -0.2) is 23.0 Å². The Kier molecular flexibility index (Phi) is 5.18. The number of carbonyl (C=O) groups is 1. The Labute approximate surface area is 144 Å². The zero-order valence-corrected chi connectivity index (χ0v) is 14.0. The number of aromatic nitrogens is 2. The third kappa shape index (κ3) is 4.17. The lowest BCUT2D eigenvalue weighted by Crippen LogP contribution is -2.25. The molecule has 122 valence electrons. The highest BCUT2D eigenvalue weighted by molar-refractivity contribution is 7.13. The second kappa shape index (κ2) is 7.70. The fraction of sp³-hybridized carbons (Fsp3) is 0.167. The van der Waals surface area contributed by atoms with E-state index in [0.29, 0.717) is 6.54 Å². The molecule has 3 rings (SSSR count). The van der Waals surface area contributed by atoms with E-state index in [1.165, 1.54) is 11.3 Å². The number of hydrogen-bond donors (Lipinski definition) is 1. The molecule has 5 nitrogen and oxygen atoms in total. The van der Waals surface area contributed by atoms with Gasteiger partial charge in [0.05, 0.1) is 31.5 Å². The van der Waals surface area contributed by atoms with Crippen molar-refractivity contribution in [2.24, 2.45) is 0 Å². The van der Waals surface area contributed by atoms with E-state index in [2.05, 4.69) is 15.3 Å². The molecular formula is C18H17N3O2S. The summed E-state index contributed by atoms with van der Waals surface area (Å²) in [4.78, 5) is 20.8. The predicted molar refractivity (Wildman–Crippen MR) is 93.9 cm³/mol. The number of ether oxygens (including phenoxy) is 1. The van der Waals surface area contributed by atoms with Crippen LogP contribution in [0.1, 0.15) is 11.4 Å². The summed E-state index contributed by atoms with van der Waals surface area (Å²) in [5, 5.41) is 5.65. The van der Waals surface area contributed by atoms with E-state index < -0.39 is 0 Å². The number of nitrogens with zero attached hydrogens (tertiary/aromatic N) is 2. The van der Waals surface area contributed by atoms with Crippen molar-refractivity contribution in [3.8, 4) is 16.3 Å². The van der Waals surface area contributed by atoms with Gasteiger partial charge in [-0.1, -0.05) is 18.2 Å². The van der Waals surface area contributed by atoms with E-state index in [1.807, 2.05) is 47.8 Å². The van der Waals surface area contributed by atoms with Crippen LogP contribution in [0.5, 0.6) is 5.75 Å². The summed E-state index contributed by atoms with van der Waals surface area (Å²) in [7, 11) is 1.64. The molecule has 0 fully saturated rings. The number of amides is 1. The number of benzene rings is 1. The zero-order chi connectivity index (χ0) is 16.8. The van der Waals surface area contributed by atoms with Crippen molar-refractivity contribution >= 4 is 17.2 Å². The van der Waals surface area contributed by atoms with Gasteiger partial charge in [0, 0.05) is 17.1 Å². The molecular weight excluding hydrogens is 322 g/mol. The van der Waals surface area contributed by atoms with Crippen LogP contribution in [-0.2, 0) is 17.8 Å². The fourth-order valence-electron chi connectivity index (χ4n) is 2.20. The van der Waals surface area contributed by atoms with Gasteiger partial charge in [-0.15, -0.1) is 11.3 Å². The topological polar surface area (TPSA) is 64.1 Å². The molecule has 0 aliphatic rings. The van der Waals surface area contributed by atoms with Gasteiger partial charge in [0.1, 0.15) is 10.8 Å². The van der Waals surface area contributed by atoms with Gasteiger partial charge in [-0.2, -0.15) is 0 Å². The highest BCUT2D eigenvalue weighted by Crippen LogP contribution is 2.26. The minimum absolute atomic E-state index is 0.0665. The minimum Gasteiger partial charge on any atom is -0.497 e. The first-order valence-corrected chi connectivity index (χ1v) is 8.38. The van der Waals surface area contributed by atoms with Gasteiger partial charge in [0.25, 0.3) is 0 Å². The zero-order valence-electron chi connectivity index (χ0n) is 13.2. The predicted octanol–water partition coefficient (Wildman–Crippen LogP) is 3.07. The van der Waals surface area contributed by atoms with Gasteiger partial charge in [0.15, 0.2) is 0 Å². The minimum atomic E-state index is -0.0665. The standard InChI is InChI=1S/C18H17N3O2S/c1-23-16-7-4-5-13(9-16)18-21-15(12-24-18)10-17(22)20-11-14-6-2-3-8-19-14/h2-9,12H,10-11H2,1H3,(H,20,22). The Morgan fingerprint density at radius 1 is 1.21 bits per heavy atom. The van der Waals surface area contributed by atoms with Gasteiger partial charge in [-0.25, -0.2) is 4.98 Å². The summed E-state index contributed by atoms with van der Waals surface area (Å²) in [6.07, 6.45) is 1.97. The molecule has 2 heterocycles. The highest BCUT2D eigenvalue weighted by atomic mass is 32.1. The number of pyridine rings is 1. The Morgan fingerprint density at radius 2 is 2.12 bits per heavy atom. The molecule has 0 radical (unpaired) electrons. The molecule has 0 saturated carbocycles. The second-order valence-corrected chi connectivity index (χ2v) is 6.01. The molecule has 0 unspecified atom stereocenters. The molecule has 0 spiro atoms. The molecule has 3 aromatic rings. The number of thiazole rings is 1. The van der Waals surface area contributed by atoms with E-state index in [1.54, 1.807) is 13.3 Å². The molecule has 6 heteroatoms. The van der Waals surface area contributed by atoms with E-state index in [-0.39, 0.29) is 12.3 Å². The maximum Gasteiger partial charge on any atom is 0.226 e. The SMILES string of the molecule is COc1cccc(-c2nc(CC(=O)NCc3ccccn3)cs2)c1. The van der Waals surface area contributed by atoms with Crippen molar-refractivity contribution in [3.05, 3.63) is 65.4 Å². The summed E-state index contributed by atoms with van der Waals surface area (Å²) >= 11 is 1.52. The van der Waals surface area contributed by atoms with Gasteiger partial charge in [-0.05, 0) is 24.3 Å². The Morgan fingerprint density at radius 3 is 2.92 bits per heavy atom. The van der Waals surface area contributed by atoms with E-state index in [4.69, 9.17) is 4.74 Å². The van der Waals surface area contributed by atoms with Gasteiger partial charge in [0.2, 0.25) is 5.91 Å². The van der Waals surface area contributed by atoms with Crippen molar-refractivity contribution in [2.75, 3.05) is 7.11 Å². The largest absolute Gasteiger partial charge is 0.497 e. The van der Waals surface area contributed by atoms with E-state index in [0.717, 1.165) is 27.7 Å². The van der Waals surface area contributed by atoms with Gasteiger partial charge in [-0.3, -0.25) is 9.78 Å². The molecule has 0 atom stereocenters. The van der Waals surface area contributed by atoms with Crippen LogP contribution < -0.4 is 10.1 Å². The lowest BCUT2D eigenvalue weighted by molar-refractivity contribution is -0.120. The van der Waals surface area contributed by atoms with Crippen LogP contribution in [0.2, 0.25) is 0 Å². The normalized spacial score (nSPS) is 10.4. The number of carbonyl (C=O) groups excluding carboxylic acids is 1. The van der Waals surface area contributed by atoms with Crippen molar-refractivity contribution in [1.82, 2.24) is 15.3 Å². The smallest absolute Gasteiger partial charge is 0.226 e. The van der Waals surface area contributed by atoms with Crippen LogP contribution in [0.3, 0.4) is 0 Å². The lowest BCUT2D eigenvalue weighted by Gasteiger charge is -2.03. The summed E-state index contributed by atoms with van der Waals surface area (Å²) < 4.78 is 5.23. The average molecular weight is 339 g/mol. The Balaban J connectivity index is 1.60. The first kappa shape index (κ1) is 16.1. The van der Waals surface area contributed by atoms with Crippen molar-refractivity contribution in [2.45, 2.75) is 13.0 Å². The van der Waals surface area contributed by atoms with Crippen LogP contribution in [0.25, 0.3) is 10.6 Å². The number of methoxy groups -OCH3 is 1. The van der Waals surface area contributed by atoms with Crippen LogP contribution in [0.15, 0.2) is 54.0 Å². The molecule has 0 saturated heterocycles. The Bertz CT molecular complexity index is 818. The van der Waals surface area contributed by atoms with Crippen LogP contribution >= 0.6 is 11.3 Å². The molecule has 0 bridgehead atoms. The lowest BCUT2D eigenvalue weighted by atomic mass is 10.2. The number of hydrogen-bond acceptors (Lipinski definition) is 5. The van der Waals surface area contributed by atoms with Gasteiger partial charge >= 0.3 is 0 Å². The fourth-order valence-corrected chi connectivity index (χ4v) is 3.01. The van der Waals surface area contributed by atoms with Crippen molar-refractivity contribution < 1.29 is 9.53 Å². The molecule has 1 aromatic carbocycles. The maximum atomic E-state index is 12.0. The summed E-state index contributed by atoms with van der Waals surface area (Å²) in [6.45, 7) is 0.423. The van der Waals surface area contributed by atoms with E-state index in [9.17, 15) is 4.79 Å². The van der Waals surface area contributed by atoms with Gasteiger partial charge < -0.3 is 10.1 Å². The van der Waals surface area contributed by atoms with Crippen LogP contribution in [0.4, 0.5) is 0 Å². The maximum absolute atomic E-state index is 12.0. The third-order valence-corrected chi connectivity index (χ3v) is 4.34. The summed E-state index contributed by atoms with van der Waals surface area (Å²) in [6, 6.07) is 13.4. The molecule has 1 amide bonds. The monoisotopic (exact) mass is 339 g/mol. The summed E-state index contributed by atoms with van der Waals surface area (Å²) in [5.41, 5.74) is 2.58. The molecule has 1 N–H and O–H groups in total.